The summed E-state index contributed by atoms with van der Waals surface area (Å²) >= 11 is 6.39. The van der Waals surface area contributed by atoms with Gasteiger partial charge in [0.2, 0.25) is 0 Å². The number of ether oxygens (including phenoxy) is 2. The Morgan fingerprint density at radius 1 is 0.966 bits per heavy atom. The van der Waals surface area contributed by atoms with Crippen LogP contribution in [0.4, 0.5) is 0 Å². The molecule has 6 rings (SSSR count). The molecule has 5 aromatic rings. The Morgan fingerprint density at radius 2 is 1.76 bits per heavy atom. The SMILES string of the molecule is Clc1cc2c(c(Cn3c4ccccc4c4nc5ccccc5nc43)c1)OCOC2. The summed E-state index contributed by atoms with van der Waals surface area (Å²) in [5.74, 6) is 0.848. The highest BCUT2D eigenvalue weighted by Crippen LogP contribution is 2.35. The van der Waals surface area contributed by atoms with E-state index in [9.17, 15) is 0 Å². The molecule has 0 spiro atoms. The van der Waals surface area contributed by atoms with Crippen LogP contribution in [0.3, 0.4) is 0 Å². The van der Waals surface area contributed by atoms with Crippen molar-refractivity contribution in [3.63, 3.8) is 0 Å². The summed E-state index contributed by atoms with van der Waals surface area (Å²) in [6.45, 7) is 1.33. The second-order valence-corrected chi connectivity index (χ2v) is 7.59. The lowest BCUT2D eigenvalue weighted by atomic mass is 10.1. The molecular weight excluding hydrogens is 386 g/mol. The lowest BCUT2D eigenvalue weighted by molar-refractivity contribution is -0.0170. The largest absolute Gasteiger partial charge is 0.467 e. The molecule has 0 bridgehead atoms. The van der Waals surface area contributed by atoms with Crippen LogP contribution in [0.1, 0.15) is 11.1 Å². The van der Waals surface area contributed by atoms with Crippen LogP contribution in [-0.4, -0.2) is 21.3 Å². The van der Waals surface area contributed by atoms with Gasteiger partial charge >= 0.3 is 0 Å². The smallest absolute Gasteiger partial charge is 0.189 e. The first kappa shape index (κ1) is 16.8. The number of halogens is 1. The molecule has 0 amide bonds. The van der Waals surface area contributed by atoms with Crippen molar-refractivity contribution in [2.24, 2.45) is 0 Å². The van der Waals surface area contributed by atoms with Gasteiger partial charge in [0, 0.05) is 21.5 Å². The third-order valence-corrected chi connectivity index (χ3v) is 5.56. The fourth-order valence-electron chi connectivity index (χ4n) is 4.09. The zero-order chi connectivity index (χ0) is 19.4. The molecule has 29 heavy (non-hydrogen) atoms. The van der Waals surface area contributed by atoms with Gasteiger partial charge in [-0.3, -0.25) is 0 Å². The summed E-state index contributed by atoms with van der Waals surface area (Å²) < 4.78 is 13.4. The second kappa shape index (κ2) is 6.44. The van der Waals surface area contributed by atoms with E-state index in [1.165, 1.54) is 0 Å². The van der Waals surface area contributed by atoms with Crippen LogP contribution in [0.15, 0.2) is 60.7 Å². The normalized spacial score (nSPS) is 13.7. The fourth-order valence-corrected chi connectivity index (χ4v) is 4.35. The van der Waals surface area contributed by atoms with Crippen molar-refractivity contribution in [1.82, 2.24) is 14.5 Å². The zero-order valence-corrected chi connectivity index (χ0v) is 16.2. The molecule has 3 aromatic carbocycles. The van der Waals surface area contributed by atoms with E-state index in [1.807, 2.05) is 48.5 Å². The Hall–Kier alpha value is -3.15. The molecule has 1 aliphatic rings. The van der Waals surface area contributed by atoms with Gasteiger partial charge in [0.05, 0.1) is 29.7 Å². The minimum absolute atomic E-state index is 0.249. The lowest BCUT2D eigenvalue weighted by Crippen LogP contribution is -2.14. The number of fused-ring (bicyclic) bond motifs is 5. The van der Waals surface area contributed by atoms with Gasteiger partial charge in [0.15, 0.2) is 12.4 Å². The first-order valence-electron chi connectivity index (χ1n) is 9.43. The highest BCUT2D eigenvalue weighted by atomic mass is 35.5. The van der Waals surface area contributed by atoms with Crippen LogP contribution in [0.25, 0.3) is 33.1 Å². The van der Waals surface area contributed by atoms with E-state index < -0.39 is 0 Å². The molecule has 2 aromatic heterocycles. The summed E-state index contributed by atoms with van der Waals surface area (Å²) in [4.78, 5) is 9.86. The summed E-state index contributed by atoms with van der Waals surface area (Å²) in [5, 5.41) is 1.76. The number of aromatic nitrogens is 3. The number of benzene rings is 3. The molecule has 3 heterocycles. The minimum Gasteiger partial charge on any atom is -0.467 e. The predicted molar refractivity (Wildman–Crippen MR) is 113 cm³/mol. The van der Waals surface area contributed by atoms with Crippen LogP contribution in [0.5, 0.6) is 5.75 Å². The third-order valence-electron chi connectivity index (χ3n) is 5.34. The van der Waals surface area contributed by atoms with Crippen molar-refractivity contribution in [3.8, 4) is 5.75 Å². The molecule has 0 fully saturated rings. The van der Waals surface area contributed by atoms with E-state index >= 15 is 0 Å². The molecule has 0 unspecified atom stereocenters. The minimum atomic E-state index is 0.249. The van der Waals surface area contributed by atoms with Gasteiger partial charge in [0.25, 0.3) is 0 Å². The predicted octanol–water partition coefficient (Wildman–Crippen LogP) is 5.31. The highest BCUT2D eigenvalue weighted by molar-refractivity contribution is 6.30. The molecule has 0 N–H and O–H groups in total. The van der Waals surface area contributed by atoms with E-state index in [-0.39, 0.29) is 6.79 Å². The number of hydrogen-bond donors (Lipinski definition) is 0. The Labute approximate surface area is 171 Å². The molecule has 0 saturated heterocycles. The van der Waals surface area contributed by atoms with Crippen molar-refractivity contribution >= 4 is 44.7 Å². The summed E-state index contributed by atoms with van der Waals surface area (Å²) in [7, 11) is 0. The van der Waals surface area contributed by atoms with E-state index in [0.29, 0.717) is 18.2 Å². The maximum Gasteiger partial charge on any atom is 0.189 e. The van der Waals surface area contributed by atoms with E-state index in [2.05, 4.69) is 16.7 Å². The Balaban J connectivity index is 1.63. The summed E-state index contributed by atoms with van der Waals surface area (Å²) in [5.41, 5.74) is 6.58. The highest BCUT2D eigenvalue weighted by Gasteiger charge is 2.20. The van der Waals surface area contributed by atoms with Crippen molar-refractivity contribution in [1.29, 1.82) is 0 Å². The van der Waals surface area contributed by atoms with Crippen LogP contribution < -0.4 is 4.74 Å². The number of rotatable bonds is 2. The van der Waals surface area contributed by atoms with Crippen molar-refractivity contribution in [2.75, 3.05) is 6.79 Å². The van der Waals surface area contributed by atoms with E-state index in [1.54, 1.807) is 0 Å². The molecule has 0 radical (unpaired) electrons. The zero-order valence-electron chi connectivity index (χ0n) is 15.4. The summed E-state index contributed by atoms with van der Waals surface area (Å²) in [6.07, 6.45) is 0. The average Bonchev–Trinajstić information content (AvgIpc) is 3.05. The monoisotopic (exact) mass is 401 g/mol. The molecule has 0 atom stereocenters. The average molecular weight is 402 g/mol. The van der Waals surface area contributed by atoms with Gasteiger partial charge < -0.3 is 14.0 Å². The maximum absolute atomic E-state index is 6.39. The molecule has 0 aliphatic carbocycles. The van der Waals surface area contributed by atoms with Crippen molar-refractivity contribution < 1.29 is 9.47 Å². The van der Waals surface area contributed by atoms with Gasteiger partial charge in [-0.25, -0.2) is 9.97 Å². The third kappa shape index (κ3) is 2.66. The first-order valence-corrected chi connectivity index (χ1v) is 9.81. The van der Waals surface area contributed by atoms with Gasteiger partial charge in [-0.15, -0.1) is 0 Å². The molecule has 142 valence electrons. The van der Waals surface area contributed by atoms with Crippen LogP contribution >= 0.6 is 11.6 Å². The quantitative estimate of drug-likeness (QED) is 0.402. The standard InChI is InChI=1S/C23H16ClN3O2/c24-16-9-14(22-15(10-16)12-28-13-29-22)11-27-20-8-4-1-5-17(20)21-23(27)26-19-7-3-2-6-18(19)25-21/h1-10H,11-13H2. The van der Waals surface area contributed by atoms with Gasteiger partial charge in [-0.05, 0) is 30.3 Å². The van der Waals surface area contributed by atoms with E-state index in [4.69, 9.17) is 31.0 Å². The lowest BCUT2D eigenvalue weighted by Gasteiger charge is -2.21. The topological polar surface area (TPSA) is 49.2 Å². The Morgan fingerprint density at radius 3 is 2.66 bits per heavy atom. The summed E-state index contributed by atoms with van der Waals surface area (Å²) in [6, 6.07) is 20.1. The molecule has 1 aliphatic heterocycles. The van der Waals surface area contributed by atoms with Crippen molar-refractivity contribution in [3.05, 3.63) is 76.8 Å². The fraction of sp³-hybridized carbons (Fsp3) is 0.130. The number of nitrogens with zero attached hydrogens (tertiary/aromatic N) is 3. The van der Waals surface area contributed by atoms with Gasteiger partial charge in [-0.2, -0.15) is 0 Å². The molecule has 0 saturated carbocycles. The van der Waals surface area contributed by atoms with Crippen LogP contribution in [0.2, 0.25) is 5.02 Å². The van der Waals surface area contributed by atoms with Gasteiger partial charge in [-0.1, -0.05) is 41.9 Å². The maximum atomic E-state index is 6.39. The number of hydrogen-bond acceptors (Lipinski definition) is 4. The van der Waals surface area contributed by atoms with Gasteiger partial charge in [0.1, 0.15) is 11.3 Å². The van der Waals surface area contributed by atoms with E-state index in [0.717, 1.165) is 50.0 Å². The second-order valence-electron chi connectivity index (χ2n) is 7.15. The van der Waals surface area contributed by atoms with Crippen LogP contribution in [-0.2, 0) is 17.9 Å². The Kier molecular flexibility index (Phi) is 3.72. The van der Waals surface area contributed by atoms with Crippen molar-refractivity contribution in [2.45, 2.75) is 13.2 Å². The Bertz CT molecular complexity index is 1410. The molecule has 5 nitrogen and oxygen atoms in total. The number of para-hydroxylation sites is 3. The van der Waals surface area contributed by atoms with Crippen LogP contribution in [0, 0.1) is 0 Å². The first-order chi connectivity index (χ1) is 14.3. The molecular formula is C23H16ClN3O2. The molecule has 6 heteroatoms.